The predicted molar refractivity (Wildman–Crippen MR) is 116 cm³/mol. The second kappa shape index (κ2) is 10.1. The number of hydrogen-bond acceptors (Lipinski definition) is 4. The van der Waals surface area contributed by atoms with E-state index in [1.807, 2.05) is 43.0 Å². The number of aryl methyl sites for hydroxylation is 1. The average Bonchev–Trinajstić information content (AvgIpc) is 3.03. The Morgan fingerprint density at radius 2 is 1.87 bits per heavy atom. The minimum Gasteiger partial charge on any atom is -0.385 e. The SMILES string of the molecule is COCCCNC(=O)C1CCN(C(=O)c2ccc(-n3nc(C)c(Cl)c3C)cc2)CC1. The van der Waals surface area contributed by atoms with Gasteiger partial charge in [0.15, 0.2) is 0 Å². The van der Waals surface area contributed by atoms with Crippen molar-refractivity contribution in [3.63, 3.8) is 0 Å². The van der Waals surface area contributed by atoms with Gasteiger partial charge in [-0.25, -0.2) is 4.68 Å². The Kier molecular flexibility index (Phi) is 7.50. The molecule has 0 saturated carbocycles. The second-order valence-corrected chi connectivity index (χ2v) is 8.03. The molecule has 1 aromatic heterocycles. The van der Waals surface area contributed by atoms with Crippen molar-refractivity contribution in [2.45, 2.75) is 33.1 Å². The fraction of sp³-hybridized carbons (Fsp3) is 0.500. The van der Waals surface area contributed by atoms with Crippen LogP contribution in [0.3, 0.4) is 0 Å². The minimum absolute atomic E-state index is 0.00750. The first-order chi connectivity index (χ1) is 14.4. The lowest BCUT2D eigenvalue weighted by atomic mass is 9.95. The van der Waals surface area contributed by atoms with Gasteiger partial charge in [0, 0.05) is 44.8 Å². The van der Waals surface area contributed by atoms with Crippen LogP contribution in [0.15, 0.2) is 24.3 Å². The van der Waals surface area contributed by atoms with Crippen LogP contribution in [0.25, 0.3) is 5.69 Å². The fourth-order valence-corrected chi connectivity index (χ4v) is 3.84. The van der Waals surface area contributed by atoms with E-state index in [1.165, 1.54) is 0 Å². The fourth-order valence-electron chi connectivity index (χ4n) is 3.72. The van der Waals surface area contributed by atoms with E-state index >= 15 is 0 Å². The van der Waals surface area contributed by atoms with Crippen LogP contribution in [0.4, 0.5) is 0 Å². The monoisotopic (exact) mass is 432 g/mol. The van der Waals surface area contributed by atoms with Crippen LogP contribution in [-0.2, 0) is 9.53 Å². The molecule has 1 aliphatic heterocycles. The summed E-state index contributed by atoms with van der Waals surface area (Å²) >= 11 is 6.23. The van der Waals surface area contributed by atoms with Crippen molar-refractivity contribution >= 4 is 23.4 Å². The highest BCUT2D eigenvalue weighted by molar-refractivity contribution is 6.31. The molecule has 3 rings (SSSR count). The number of halogens is 1. The third kappa shape index (κ3) is 5.02. The number of nitrogens with one attached hydrogen (secondary N) is 1. The van der Waals surface area contributed by atoms with Gasteiger partial charge >= 0.3 is 0 Å². The van der Waals surface area contributed by atoms with Crippen molar-refractivity contribution < 1.29 is 14.3 Å². The first-order valence-electron chi connectivity index (χ1n) is 10.3. The van der Waals surface area contributed by atoms with E-state index in [-0.39, 0.29) is 17.7 Å². The number of benzene rings is 1. The van der Waals surface area contributed by atoms with Crippen molar-refractivity contribution in [2.24, 2.45) is 5.92 Å². The van der Waals surface area contributed by atoms with Gasteiger partial charge in [0.1, 0.15) is 0 Å². The highest BCUT2D eigenvalue weighted by Gasteiger charge is 2.27. The number of amides is 2. The molecule has 0 spiro atoms. The molecule has 1 aromatic carbocycles. The van der Waals surface area contributed by atoms with Crippen LogP contribution >= 0.6 is 11.6 Å². The lowest BCUT2D eigenvalue weighted by Crippen LogP contribution is -2.43. The molecule has 1 N–H and O–H groups in total. The van der Waals surface area contributed by atoms with Gasteiger partial charge in [-0.15, -0.1) is 0 Å². The molecule has 0 bridgehead atoms. The van der Waals surface area contributed by atoms with Crippen LogP contribution in [-0.4, -0.2) is 59.8 Å². The molecular formula is C22H29ClN4O3. The van der Waals surface area contributed by atoms with Gasteiger partial charge < -0.3 is 15.0 Å². The van der Waals surface area contributed by atoms with Crippen molar-refractivity contribution in [3.8, 4) is 5.69 Å². The smallest absolute Gasteiger partial charge is 0.253 e. The highest BCUT2D eigenvalue weighted by Crippen LogP contribution is 2.23. The summed E-state index contributed by atoms with van der Waals surface area (Å²) in [6.07, 6.45) is 2.17. The summed E-state index contributed by atoms with van der Waals surface area (Å²) in [6, 6.07) is 7.39. The molecule has 1 aliphatic rings. The van der Waals surface area contributed by atoms with Crippen LogP contribution in [0.2, 0.25) is 5.02 Å². The number of aromatic nitrogens is 2. The zero-order valence-electron chi connectivity index (χ0n) is 17.8. The summed E-state index contributed by atoms with van der Waals surface area (Å²) in [7, 11) is 1.65. The Morgan fingerprint density at radius 1 is 1.20 bits per heavy atom. The molecule has 2 heterocycles. The molecule has 2 amide bonds. The zero-order chi connectivity index (χ0) is 21.7. The van der Waals surface area contributed by atoms with Gasteiger partial charge in [-0.2, -0.15) is 5.10 Å². The number of carbonyl (C=O) groups is 2. The second-order valence-electron chi connectivity index (χ2n) is 7.65. The number of ether oxygens (including phenoxy) is 1. The molecule has 0 atom stereocenters. The molecule has 0 radical (unpaired) electrons. The lowest BCUT2D eigenvalue weighted by Gasteiger charge is -2.31. The number of likely N-dealkylation sites (tertiary alicyclic amines) is 1. The van der Waals surface area contributed by atoms with Crippen LogP contribution in [0.5, 0.6) is 0 Å². The third-order valence-electron chi connectivity index (χ3n) is 5.54. The topological polar surface area (TPSA) is 76.5 Å². The third-order valence-corrected chi connectivity index (χ3v) is 6.09. The van der Waals surface area contributed by atoms with Crippen molar-refractivity contribution in [1.29, 1.82) is 0 Å². The van der Waals surface area contributed by atoms with Crippen LogP contribution in [0.1, 0.15) is 41.0 Å². The highest BCUT2D eigenvalue weighted by atomic mass is 35.5. The summed E-state index contributed by atoms with van der Waals surface area (Å²) in [5.41, 5.74) is 3.15. The average molecular weight is 433 g/mol. The zero-order valence-corrected chi connectivity index (χ0v) is 18.5. The number of rotatable bonds is 7. The van der Waals surface area contributed by atoms with Crippen molar-refractivity contribution in [3.05, 3.63) is 46.2 Å². The summed E-state index contributed by atoms with van der Waals surface area (Å²) in [5, 5.41) is 8.05. The maximum Gasteiger partial charge on any atom is 0.253 e. The van der Waals surface area contributed by atoms with Gasteiger partial charge in [0.05, 0.1) is 22.1 Å². The maximum atomic E-state index is 12.9. The molecular weight excluding hydrogens is 404 g/mol. The van der Waals surface area contributed by atoms with E-state index in [9.17, 15) is 9.59 Å². The number of methoxy groups -OCH3 is 1. The quantitative estimate of drug-likeness (QED) is 0.682. The Morgan fingerprint density at radius 3 is 2.43 bits per heavy atom. The molecule has 1 fully saturated rings. The van der Waals surface area contributed by atoms with Crippen molar-refractivity contribution in [1.82, 2.24) is 20.0 Å². The number of hydrogen-bond donors (Lipinski definition) is 1. The molecule has 162 valence electrons. The lowest BCUT2D eigenvalue weighted by molar-refractivity contribution is -0.126. The van der Waals surface area contributed by atoms with E-state index in [0.717, 1.165) is 23.5 Å². The molecule has 7 nitrogen and oxygen atoms in total. The molecule has 0 aliphatic carbocycles. The van der Waals surface area contributed by atoms with Crippen LogP contribution in [0, 0.1) is 19.8 Å². The number of nitrogens with zero attached hydrogens (tertiary/aromatic N) is 3. The van der Waals surface area contributed by atoms with Gasteiger partial charge in [0.25, 0.3) is 5.91 Å². The van der Waals surface area contributed by atoms with E-state index in [0.29, 0.717) is 49.7 Å². The Bertz CT molecular complexity index is 887. The first-order valence-corrected chi connectivity index (χ1v) is 10.7. The summed E-state index contributed by atoms with van der Waals surface area (Å²) in [6.45, 7) is 6.22. The summed E-state index contributed by atoms with van der Waals surface area (Å²) < 4.78 is 6.77. The van der Waals surface area contributed by atoms with Gasteiger partial charge in [-0.05, 0) is 57.4 Å². The molecule has 8 heteroatoms. The predicted octanol–water partition coefficient (Wildman–Crippen LogP) is 3.15. The minimum atomic E-state index is -0.0326. The largest absolute Gasteiger partial charge is 0.385 e. The normalized spacial score (nSPS) is 14.7. The van der Waals surface area contributed by atoms with Crippen LogP contribution < -0.4 is 5.32 Å². The Balaban J connectivity index is 1.55. The van der Waals surface area contributed by atoms with E-state index in [4.69, 9.17) is 16.3 Å². The van der Waals surface area contributed by atoms with Gasteiger partial charge in [0.2, 0.25) is 5.91 Å². The number of piperidine rings is 1. The maximum absolute atomic E-state index is 12.9. The van der Waals surface area contributed by atoms with Gasteiger partial charge in [-0.1, -0.05) is 11.6 Å². The standard InChI is InChI=1S/C22H29ClN4O3/c1-15-20(23)16(2)27(25-15)19-7-5-18(6-8-19)22(29)26-12-9-17(10-13-26)21(28)24-11-4-14-30-3/h5-8,17H,4,9-14H2,1-3H3,(H,24,28). The van der Waals surface area contributed by atoms with E-state index in [1.54, 1.807) is 11.8 Å². The first kappa shape index (κ1) is 22.3. The Hall–Kier alpha value is -2.38. The summed E-state index contributed by atoms with van der Waals surface area (Å²) in [4.78, 5) is 26.9. The van der Waals surface area contributed by atoms with E-state index in [2.05, 4.69) is 10.4 Å². The molecule has 0 unspecified atom stereocenters. The molecule has 2 aromatic rings. The van der Waals surface area contributed by atoms with Crippen molar-refractivity contribution in [2.75, 3.05) is 33.4 Å². The summed E-state index contributed by atoms with van der Waals surface area (Å²) in [5.74, 6) is 0.0350. The molecule has 1 saturated heterocycles. The van der Waals surface area contributed by atoms with E-state index < -0.39 is 0 Å². The molecule has 30 heavy (non-hydrogen) atoms. The van der Waals surface area contributed by atoms with Gasteiger partial charge in [-0.3, -0.25) is 9.59 Å². The number of carbonyl (C=O) groups excluding carboxylic acids is 2. The Labute approximate surface area is 182 Å².